The summed E-state index contributed by atoms with van der Waals surface area (Å²) < 4.78 is 11.3. The van der Waals surface area contributed by atoms with E-state index < -0.39 is 0 Å². The number of fused-ring (bicyclic) bond motifs is 15. The Morgan fingerprint density at radius 1 is 0.413 bits per heavy atom. The molecule has 0 spiro atoms. The molecule has 5 aliphatic heterocycles. The SMILES string of the molecule is CN1CCc2c(c3cc(Cl)ccc3n2CC(=O)NC2CCCC2)C1.Cc1ccc2c(c1)c1c(n2CC(=O)CC(C)(C)C)CCN(C)C1.Cc1ccc2c(c1)c1c(n2CC(=O)CC(C)C)CCN(C)C1.Cc1ccc2c(c1)c1c(n2CC(=O)CCC2CCCCC2)CCN(C)C1.Cc1ccc2c(c1)c1c(n2CC(=O)NCc2ccccc2)CCN(C)C1. The second kappa shape index (κ2) is 39.3. The Balaban J connectivity index is 0.000000124. The molecule has 2 aliphatic carbocycles. The minimum Gasteiger partial charge on any atom is -0.352 e. The van der Waals surface area contributed by atoms with Crippen LogP contribution in [0.1, 0.15) is 202 Å². The Morgan fingerprint density at radius 2 is 0.760 bits per heavy atom. The molecule has 0 atom stereocenters. The molecule has 17 nitrogen and oxygen atoms in total. The van der Waals surface area contributed by atoms with E-state index in [9.17, 15) is 24.0 Å². The van der Waals surface area contributed by atoms with E-state index >= 15 is 0 Å². The van der Waals surface area contributed by atoms with E-state index in [4.69, 9.17) is 11.6 Å². The summed E-state index contributed by atoms with van der Waals surface area (Å²) in [6.45, 7) is 32.3. The number of benzene rings is 6. The quantitative estimate of drug-likeness (QED) is 0.0801. The summed E-state index contributed by atoms with van der Waals surface area (Å²) in [7, 11) is 10.8. The van der Waals surface area contributed by atoms with Crippen LogP contribution in [0.15, 0.2) is 121 Å². The zero-order chi connectivity index (χ0) is 85.5. The minimum atomic E-state index is 0.0525. The number of hydrogen-bond acceptors (Lipinski definition) is 10. The third-order valence-electron chi connectivity index (χ3n) is 26.4. The number of carbonyl (C=O) groups is 5. The lowest BCUT2D eigenvalue weighted by Gasteiger charge is -2.24. The van der Waals surface area contributed by atoms with Gasteiger partial charge in [0.05, 0.1) is 19.6 Å². The van der Waals surface area contributed by atoms with Gasteiger partial charge in [-0.2, -0.15) is 0 Å². The second-order valence-corrected chi connectivity index (χ2v) is 39.0. The number of nitrogens with one attached hydrogen (secondary N) is 2. The van der Waals surface area contributed by atoms with Crippen LogP contribution in [0.5, 0.6) is 0 Å². The molecule has 0 unspecified atom stereocenters. The largest absolute Gasteiger partial charge is 0.352 e. The van der Waals surface area contributed by atoms with Gasteiger partial charge >= 0.3 is 0 Å². The average molecular weight is 1660 g/mol. The maximum atomic E-state index is 12.8. The highest BCUT2D eigenvalue weighted by atomic mass is 35.5. The standard InChI is InChI=1S/C23H32N2O.C22H25N3O.C20H28N2O.C19H24ClN3O.C19H26N2O/c1-17-8-11-22-20(14-17)21-16-24(2)13-12-23(21)25(22)15-19(26)10-9-18-6-4-3-5-7-18;1-16-8-9-20-18(12-16)19-14-24(2)11-10-21(19)25(20)15-22(26)23-13-17-6-4-3-5-7-17;1-14-6-7-18-16(10-14)17-13-21(5)9-8-19(17)22(18)12-15(23)11-20(2,3)4;1-22-9-8-18-16(11-22)15-10-13(20)6-7-17(15)23(18)12-19(24)21-14-4-2-3-5-14;1-13(2)9-15(22)11-21-18-6-5-14(3)10-16(18)17-12-20(4)8-7-19(17)21/h8,11,14,18H,3-7,9-10,12-13,15-16H2,1-2H3;3-9,12H,10-11,13-15H2,1-2H3,(H,23,26);6-7,10H,8-9,11-13H2,1-5H3;6-7,10,14H,2-5,8-9,11-12H2,1H3,(H,21,24);5-6,10,13H,7-9,11-12H2,1-4H3. The van der Waals surface area contributed by atoms with Gasteiger partial charge < -0.3 is 58.0 Å². The van der Waals surface area contributed by atoms with Crippen LogP contribution >= 0.6 is 11.6 Å². The first-order chi connectivity index (χ1) is 58.0. The van der Waals surface area contributed by atoms with E-state index in [0.717, 1.165) is 145 Å². The third kappa shape index (κ3) is 21.6. The maximum absolute atomic E-state index is 12.8. The molecule has 0 bridgehead atoms. The number of aromatic nitrogens is 5. The van der Waals surface area contributed by atoms with Gasteiger partial charge in [-0.1, -0.05) is 168 Å². The number of Topliss-reactive ketones (excluding diaryl/α,β-unsaturated/α-hetero) is 3. The van der Waals surface area contributed by atoms with Gasteiger partial charge in [0.25, 0.3) is 0 Å². The van der Waals surface area contributed by atoms with E-state index in [0.29, 0.717) is 81.4 Å². The molecular weight excluding hydrogens is 1520 g/mol. The lowest BCUT2D eigenvalue weighted by Crippen LogP contribution is -2.36. The Hall–Kier alpha value is -8.94. The van der Waals surface area contributed by atoms with Crippen LogP contribution in [0.2, 0.25) is 5.02 Å². The number of carbonyl (C=O) groups excluding carboxylic acids is 5. The monoisotopic (exact) mass is 1660 g/mol. The van der Waals surface area contributed by atoms with Crippen LogP contribution in [0.3, 0.4) is 0 Å². The van der Waals surface area contributed by atoms with Crippen molar-refractivity contribution in [2.45, 2.75) is 256 Å². The van der Waals surface area contributed by atoms with Gasteiger partial charge in [0.1, 0.15) is 13.1 Å². The average Bonchev–Trinajstić information content (AvgIpc) is 1.63. The number of likely N-dealkylation sites (N-methyl/N-ethyl adjacent to an activating group) is 5. The predicted molar refractivity (Wildman–Crippen MR) is 497 cm³/mol. The molecule has 644 valence electrons. The molecule has 18 rings (SSSR count). The first-order valence-electron chi connectivity index (χ1n) is 45.3. The van der Waals surface area contributed by atoms with Crippen LogP contribution in [0.4, 0.5) is 0 Å². The Morgan fingerprint density at radius 3 is 1.15 bits per heavy atom. The second-order valence-electron chi connectivity index (χ2n) is 38.5. The summed E-state index contributed by atoms with van der Waals surface area (Å²) in [6, 6.07) is 42.9. The molecule has 0 radical (unpaired) electrons. The molecule has 5 aromatic heterocycles. The van der Waals surface area contributed by atoms with Crippen molar-refractivity contribution in [3.8, 4) is 0 Å². The van der Waals surface area contributed by atoms with Crippen LogP contribution < -0.4 is 10.6 Å². The first kappa shape index (κ1) is 88.4. The zero-order valence-corrected chi connectivity index (χ0v) is 76.0. The highest BCUT2D eigenvalue weighted by molar-refractivity contribution is 6.31. The van der Waals surface area contributed by atoms with Crippen molar-refractivity contribution in [1.29, 1.82) is 0 Å². The Kier molecular flexibility index (Phi) is 28.7. The molecule has 10 heterocycles. The summed E-state index contributed by atoms with van der Waals surface area (Å²) in [4.78, 5) is 74.6. The van der Waals surface area contributed by atoms with Crippen LogP contribution in [-0.2, 0) is 128 Å². The molecule has 7 aliphatic rings. The molecule has 0 saturated heterocycles. The number of amides is 2. The fourth-order valence-corrected chi connectivity index (χ4v) is 20.5. The predicted octanol–water partition coefficient (Wildman–Crippen LogP) is 19.0. The van der Waals surface area contributed by atoms with Crippen LogP contribution in [0.25, 0.3) is 54.5 Å². The number of ketones is 3. The fourth-order valence-electron chi connectivity index (χ4n) is 20.4. The maximum Gasteiger partial charge on any atom is 0.240 e. The number of aryl methyl sites for hydroxylation is 4. The fraction of sp³-hybridized carbons (Fsp3) is 0.505. The highest BCUT2D eigenvalue weighted by Gasteiger charge is 2.31. The van der Waals surface area contributed by atoms with Crippen LogP contribution in [-0.4, -0.2) is 151 Å². The molecule has 11 aromatic rings. The first-order valence-corrected chi connectivity index (χ1v) is 45.7. The number of rotatable bonds is 19. The topological polar surface area (TPSA) is 150 Å². The van der Waals surface area contributed by atoms with Gasteiger partial charge in [0.15, 0.2) is 17.3 Å². The van der Waals surface area contributed by atoms with Crippen molar-refractivity contribution in [3.05, 3.63) is 210 Å². The molecule has 121 heavy (non-hydrogen) atoms. The van der Waals surface area contributed by atoms with Crippen molar-refractivity contribution in [1.82, 2.24) is 58.0 Å². The van der Waals surface area contributed by atoms with E-state index in [1.165, 1.54) is 172 Å². The number of hydrogen-bond donors (Lipinski definition) is 2. The lowest BCUT2D eigenvalue weighted by atomic mass is 9.85. The third-order valence-corrected chi connectivity index (χ3v) is 26.6. The number of nitrogens with zero attached hydrogens (tertiary/aromatic N) is 10. The molecule has 2 N–H and O–H groups in total. The van der Waals surface area contributed by atoms with Gasteiger partial charge in [0.2, 0.25) is 11.8 Å². The Bertz CT molecular complexity index is 5560. The van der Waals surface area contributed by atoms with Crippen molar-refractivity contribution < 1.29 is 24.0 Å². The summed E-state index contributed by atoms with van der Waals surface area (Å²) in [5, 5.41) is 13.5. The van der Waals surface area contributed by atoms with E-state index in [1.54, 1.807) is 0 Å². The normalized spacial score (nSPS) is 16.8. The van der Waals surface area contributed by atoms with Gasteiger partial charge in [-0.3, -0.25) is 24.0 Å². The van der Waals surface area contributed by atoms with Gasteiger partial charge in [-0.25, -0.2) is 0 Å². The van der Waals surface area contributed by atoms with Crippen molar-refractivity contribution in [2.24, 2.45) is 17.3 Å². The summed E-state index contributed by atoms with van der Waals surface area (Å²) >= 11 is 6.22. The van der Waals surface area contributed by atoms with E-state index in [2.05, 4.69) is 234 Å². The molecular formula is C103H135ClN12O5. The molecule has 6 aromatic carbocycles. The van der Waals surface area contributed by atoms with Crippen molar-refractivity contribution >= 4 is 95.3 Å². The van der Waals surface area contributed by atoms with Crippen molar-refractivity contribution in [2.75, 3.05) is 68.0 Å². The van der Waals surface area contributed by atoms with Crippen LogP contribution in [0, 0.1) is 44.9 Å². The minimum absolute atomic E-state index is 0.0525. The van der Waals surface area contributed by atoms with Gasteiger partial charge in [-0.15, -0.1) is 0 Å². The smallest absolute Gasteiger partial charge is 0.240 e. The summed E-state index contributed by atoms with van der Waals surface area (Å²) in [6.07, 6.45) is 19.7. The Labute approximate surface area is 724 Å². The highest BCUT2D eigenvalue weighted by Crippen LogP contribution is 2.39. The summed E-state index contributed by atoms with van der Waals surface area (Å²) in [5.74, 6) is 2.50. The number of halogens is 1. The van der Waals surface area contributed by atoms with Gasteiger partial charge in [0, 0.05) is 217 Å². The summed E-state index contributed by atoms with van der Waals surface area (Å²) in [5.41, 5.74) is 26.0. The van der Waals surface area contributed by atoms with Crippen molar-refractivity contribution in [3.63, 3.8) is 0 Å². The van der Waals surface area contributed by atoms with E-state index in [-0.39, 0.29) is 17.2 Å². The molecule has 2 amide bonds. The molecule has 18 heteroatoms. The van der Waals surface area contributed by atoms with Gasteiger partial charge in [-0.05, 0) is 200 Å². The molecule has 2 fully saturated rings. The zero-order valence-electron chi connectivity index (χ0n) is 75.2. The lowest BCUT2D eigenvalue weighted by molar-refractivity contribution is -0.123. The van der Waals surface area contributed by atoms with E-state index in [1.807, 2.05) is 42.5 Å². The molecule has 2 saturated carbocycles.